The molecule has 0 saturated carbocycles. The fourth-order valence-electron chi connectivity index (χ4n) is 3.18. The number of nitrogens with zero attached hydrogens (tertiary/aromatic N) is 2. The van der Waals surface area contributed by atoms with Crippen molar-refractivity contribution in [3.05, 3.63) is 93.7 Å². The standard InChI is InChI=1S/C24H24FN3O3/c1-16-13-14-28(20-10-8-18(25)9-11-20)24(31)22(16)23(30)26-19-6-4-5-17(15-19)7-12-21(29)27(2)3/h4-6,8-11,13-15H,7,12H2,1-3H3,(H,26,30). The summed E-state index contributed by atoms with van der Waals surface area (Å²) in [5.41, 5.74) is 1.97. The number of aromatic nitrogens is 1. The van der Waals surface area contributed by atoms with Crippen LogP contribution in [0.2, 0.25) is 0 Å². The van der Waals surface area contributed by atoms with Gasteiger partial charge in [0.2, 0.25) is 5.91 Å². The largest absolute Gasteiger partial charge is 0.349 e. The summed E-state index contributed by atoms with van der Waals surface area (Å²) >= 11 is 0. The summed E-state index contributed by atoms with van der Waals surface area (Å²) in [5.74, 6) is -0.912. The van der Waals surface area contributed by atoms with E-state index in [0.29, 0.717) is 29.8 Å². The van der Waals surface area contributed by atoms with Crippen molar-refractivity contribution in [2.45, 2.75) is 19.8 Å². The molecule has 1 heterocycles. The van der Waals surface area contributed by atoms with Gasteiger partial charge in [0.15, 0.2) is 0 Å². The van der Waals surface area contributed by atoms with Crippen molar-refractivity contribution in [3.8, 4) is 5.69 Å². The van der Waals surface area contributed by atoms with Crippen LogP contribution in [0.5, 0.6) is 0 Å². The molecule has 6 nitrogen and oxygen atoms in total. The molecule has 7 heteroatoms. The summed E-state index contributed by atoms with van der Waals surface area (Å²) in [6, 6.07) is 14.3. The Labute approximate surface area is 179 Å². The van der Waals surface area contributed by atoms with Gasteiger partial charge in [0.05, 0.1) is 0 Å². The molecular weight excluding hydrogens is 397 g/mol. The second-order valence-electron chi connectivity index (χ2n) is 7.47. The van der Waals surface area contributed by atoms with E-state index in [2.05, 4.69) is 5.32 Å². The predicted molar refractivity (Wildman–Crippen MR) is 118 cm³/mol. The number of hydrogen-bond acceptors (Lipinski definition) is 3. The van der Waals surface area contributed by atoms with Crippen LogP contribution in [0.3, 0.4) is 0 Å². The summed E-state index contributed by atoms with van der Waals surface area (Å²) in [7, 11) is 3.42. The quantitative estimate of drug-likeness (QED) is 0.662. The summed E-state index contributed by atoms with van der Waals surface area (Å²) in [6.45, 7) is 1.69. The molecule has 0 atom stereocenters. The molecule has 2 amide bonds. The minimum Gasteiger partial charge on any atom is -0.349 e. The number of halogens is 1. The lowest BCUT2D eigenvalue weighted by Gasteiger charge is -2.12. The SMILES string of the molecule is Cc1ccn(-c2ccc(F)cc2)c(=O)c1C(=O)Nc1cccc(CCC(=O)N(C)C)c1. The van der Waals surface area contributed by atoms with Crippen LogP contribution in [0.1, 0.15) is 27.9 Å². The Hall–Kier alpha value is -3.74. The summed E-state index contributed by atoms with van der Waals surface area (Å²) in [4.78, 5) is 39.2. The number of pyridine rings is 1. The summed E-state index contributed by atoms with van der Waals surface area (Å²) in [6.07, 6.45) is 2.47. The van der Waals surface area contributed by atoms with Gasteiger partial charge in [0, 0.05) is 38.1 Å². The predicted octanol–water partition coefficient (Wildman–Crippen LogP) is 3.56. The minimum atomic E-state index is -0.527. The van der Waals surface area contributed by atoms with E-state index < -0.39 is 17.3 Å². The van der Waals surface area contributed by atoms with Gasteiger partial charge in [0.25, 0.3) is 11.5 Å². The van der Waals surface area contributed by atoms with Gasteiger partial charge in [-0.15, -0.1) is 0 Å². The highest BCUT2D eigenvalue weighted by Gasteiger charge is 2.17. The van der Waals surface area contributed by atoms with Crippen LogP contribution in [0.15, 0.2) is 65.6 Å². The number of amides is 2. The first-order valence-corrected chi connectivity index (χ1v) is 9.85. The Kier molecular flexibility index (Phi) is 6.65. The zero-order valence-corrected chi connectivity index (χ0v) is 17.7. The van der Waals surface area contributed by atoms with Crippen LogP contribution in [0.4, 0.5) is 10.1 Å². The second-order valence-corrected chi connectivity index (χ2v) is 7.47. The first kappa shape index (κ1) is 22.0. The molecule has 0 aliphatic heterocycles. The van der Waals surface area contributed by atoms with Crippen molar-refractivity contribution in [1.29, 1.82) is 0 Å². The maximum atomic E-state index is 13.2. The lowest BCUT2D eigenvalue weighted by molar-refractivity contribution is -0.128. The molecule has 3 rings (SSSR count). The molecule has 1 N–H and O–H groups in total. The van der Waals surface area contributed by atoms with Gasteiger partial charge in [-0.2, -0.15) is 0 Å². The van der Waals surface area contributed by atoms with E-state index in [4.69, 9.17) is 0 Å². The highest BCUT2D eigenvalue weighted by Crippen LogP contribution is 2.15. The Bertz CT molecular complexity index is 1170. The van der Waals surface area contributed by atoms with E-state index in [1.54, 1.807) is 51.5 Å². The van der Waals surface area contributed by atoms with Gasteiger partial charge in [-0.3, -0.25) is 19.0 Å². The molecule has 160 valence electrons. The molecule has 0 fully saturated rings. The van der Waals surface area contributed by atoms with Crippen molar-refractivity contribution in [3.63, 3.8) is 0 Å². The number of anilines is 1. The number of aryl methyl sites for hydroxylation is 2. The number of rotatable bonds is 6. The first-order chi connectivity index (χ1) is 14.8. The first-order valence-electron chi connectivity index (χ1n) is 9.85. The molecule has 2 aromatic carbocycles. The van der Waals surface area contributed by atoms with Gasteiger partial charge < -0.3 is 10.2 Å². The highest BCUT2D eigenvalue weighted by molar-refractivity contribution is 6.05. The molecule has 0 spiro atoms. The molecule has 0 saturated heterocycles. The third kappa shape index (κ3) is 5.25. The topological polar surface area (TPSA) is 71.4 Å². The van der Waals surface area contributed by atoms with Gasteiger partial charge in [-0.1, -0.05) is 12.1 Å². The fraction of sp³-hybridized carbons (Fsp3) is 0.208. The van der Waals surface area contributed by atoms with Crippen LogP contribution < -0.4 is 10.9 Å². The van der Waals surface area contributed by atoms with Crippen molar-refractivity contribution >= 4 is 17.5 Å². The van der Waals surface area contributed by atoms with E-state index in [1.807, 2.05) is 6.07 Å². The normalized spacial score (nSPS) is 10.6. The van der Waals surface area contributed by atoms with Gasteiger partial charge in [-0.25, -0.2) is 4.39 Å². The zero-order chi connectivity index (χ0) is 22.5. The van der Waals surface area contributed by atoms with Gasteiger partial charge >= 0.3 is 0 Å². The monoisotopic (exact) mass is 421 g/mol. The lowest BCUT2D eigenvalue weighted by atomic mass is 10.1. The van der Waals surface area contributed by atoms with Crippen molar-refractivity contribution < 1.29 is 14.0 Å². The Morgan fingerprint density at radius 1 is 1.06 bits per heavy atom. The Morgan fingerprint density at radius 3 is 2.45 bits per heavy atom. The number of nitrogens with one attached hydrogen (secondary N) is 1. The molecule has 0 aliphatic carbocycles. The van der Waals surface area contributed by atoms with Crippen molar-refractivity contribution in [2.24, 2.45) is 0 Å². The van der Waals surface area contributed by atoms with Crippen LogP contribution in [0.25, 0.3) is 5.69 Å². The van der Waals surface area contributed by atoms with Gasteiger partial charge in [0.1, 0.15) is 11.4 Å². The number of carbonyl (C=O) groups is 2. The number of carbonyl (C=O) groups excluding carboxylic acids is 2. The summed E-state index contributed by atoms with van der Waals surface area (Å²) < 4.78 is 14.5. The molecule has 0 bridgehead atoms. The third-order valence-corrected chi connectivity index (χ3v) is 4.94. The lowest BCUT2D eigenvalue weighted by Crippen LogP contribution is -2.29. The van der Waals surface area contributed by atoms with Crippen LogP contribution in [-0.2, 0) is 11.2 Å². The number of benzene rings is 2. The summed E-state index contributed by atoms with van der Waals surface area (Å²) in [5, 5.41) is 2.77. The molecule has 0 unspecified atom stereocenters. The van der Waals surface area contributed by atoms with Crippen LogP contribution in [-0.4, -0.2) is 35.4 Å². The van der Waals surface area contributed by atoms with Crippen molar-refractivity contribution in [1.82, 2.24) is 9.47 Å². The third-order valence-electron chi connectivity index (χ3n) is 4.94. The average molecular weight is 421 g/mol. The fourth-order valence-corrected chi connectivity index (χ4v) is 3.18. The van der Waals surface area contributed by atoms with E-state index >= 15 is 0 Å². The van der Waals surface area contributed by atoms with Crippen LogP contribution >= 0.6 is 0 Å². The van der Waals surface area contributed by atoms with E-state index in [-0.39, 0.29) is 11.5 Å². The van der Waals surface area contributed by atoms with Crippen molar-refractivity contribution in [2.75, 3.05) is 19.4 Å². The second kappa shape index (κ2) is 9.38. The maximum absolute atomic E-state index is 13.2. The highest BCUT2D eigenvalue weighted by atomic mass is 19.1. The Balaban J connectivity index is 1.83. The molecular formula is C24H24FN3O3. The van der Waals surface area contributed by atoms with E-state index in [9.17, 15) is 18.8 Å². The smallest absolute Gasteiger partial charge is 0.268 e. The van der Waals surface area contributed by atoms with E-state index in [0.717, 1.165) is 5.56 Å². The molecule has 0 radical (unpaired) electrons. The maximum Gasteiger partial charge on any atom is 0.268 e. The molecule has 31 heavy (non-hydrogen) atoms. The van der Waals surface area contributed by atoms with Crippen LogP contribution in [0, 0.1) is 12.7 Å². The van der Waals surface area contributed by atoms with E-state index in [1.165, 1.54) is 33.7 Å². The number of hydrogen-bond donors (Lipinski definition) is 1. The molecule has 1 aromatic heterocycles. The zero-order valence-electron chi connectivity index (χ0n) is 17.7. The van der Waals surface area contributed by atoms with Gasteiger partial charge in [-0.05, 0) is 66.9 Å². The molecule has 3 aromatic rings. The average Bonchev–Trinajstić information content (AvgIpc) is 2.73. The Morgan fingerprint density at radius 2 is 1.77 bits per heavy atom. The minimum absolute atomic E-state index is 0.0139. The molecule has 0 aliphatic rings.